The molecule has 2 aromatic rings. The third-order valence-corrected chi connectivity index (χ3v) is 2.94. The number of hydrogen-bond acceptors (Lipinski definition) is 5. The maximum absolute atomic E-state index is 14.1. The number of nitrogens with two attached hydrogens (primary N) is 1. The lowest BCUT2D eigenvalue weighted by Gasteiger charge is -2.10. The average Bonchev–Trinajstić information content (AvgIpc) is 2.49. The van der Waals surface area contributed by atoms with Crippen molar-refractivity contribution in [2.45, 2.75) is 0 Å². The van der Waals surface area contributed by atoms with Crippen LogP contribution in [0.4, 0.5) is 14.6 Å². The van der Waals surface area contributed by atoms with Gasteiger partial charge in [-0.1, -0.05) is 0 Å². The highest BCUT2D eigenvalue weighted by Gasteiger charge is 2.23. The zero-order chi connectivity index (χ0) is 16.4. The maximum Gasteiger partial charge on any atom is 0.268 e. The highest BCUT2D eigenvalue weighted by atomic mass is 19.2. The molecule has 0 radical (unpaired) electrons. The quantitative estimate of drug-likeness (QED) is 0.823. The van der Waals surface area contributed by atoms with Crippen LogP contribution in [0.15, 0.2) is 16.9 Å². The normalized spacial score (nSPS) is 9.59. The van der Waals surface area contributed by atoms with E-state index >= 15 is 0 Å². The van der Waals surface area contributed by atoms with Crippen molar-refractivity contribution in [3.63, 3.8) is 0 Å². The first-order chi connectivity index (χ1) is 10.5. The molecule has 106 valence electrons. The Balaban J connectivity index is 3.00. The van der Waals surface area contributed by atoms with E-state index in [0.29, 0.717) is 0 Å². The van der Waals surface area contributed by atoms with Crippen molar-refractivity contribution in [1.29, 1.82) is 15.8 Å². The van der Waals surface area contributed by atoms with Crippen molar-refractivity contribution in [2.24, 2.45) is 0 Å². The molecule has 0 saturated heterocycles. The van der Waals surface area contributed by atoms with Crippen LogP contribution in [0.25, 0.3) is 11.1 Å². The van der Waals surface area contributed by atoms with E-state index in [2.05, 4.69) is 4.98 Å². The van der Waals surface area contributed by atoms with Crippen LogP contribution >= 0.6 is 0 Å². The number of anilines is 1. The third-order valence-electron chi connectivity index (χ3n) is 2.94. The van der Waals surface area contributed by atoms with Crippen LogP contribution in [0.2, 0.25) is 0 Å². The van der Waals surface area contributed by atoms with Crippen LogP contribution in [0, 0.1) is 45.6 Å². The molecule has 0 spiro atoms. The maximum atomic E-state index is 14.1. The second-order valence-electron chi connectivity index (χ2n) is 4.12. The zero-order valence-corrected chi connectivity index (χ0v) is 10.7. The van der Waals surface area contributed by atoms with E-state index in [1.807, 2.05) is 0 Å². The molecule has 0 bridgehead atoms. The van der Waals surface area contributed by atoms with Crippen LogP contribution in [0.5, 0.6) is 0 Å². The Hall–Kier alpha value is -3.70. The van der Waals surface area contributed by atoms with Gasteiger partial charge in [-0.25, -0.2) is 8.78 Å². The van der Waals surface area contributed by atoms with Gasteiger partial charge < -0.3 is 10.7 Å². The molecule has 0 atom stereocenters. The van der Waals surface area contributed by atoms with E-state index in [9.17, 15) is 13.6 Å². The van der Waals surface area contributed by atoms with Gasteiger partial charge in [-0.3, -0.25) is 4.79 Å². The molecule has 0 amide bonds. The Labute approximate surface area is 122 Å². The van der Waals surface area contributed by atoms with Gasteiger partial charge in [0, 0.05) is 11.1 Å². The van der Waals surface area contributed by atoms with Gasteiger partial charge in [-0.05, 0) is 12.1 Å². The lowest BCUT2D eigenvalue weighted by molar-refractivity contribution is 0.509. The second kappa shape index (κ2) is 5.35. The fourth-order valence-electron chi connectivity index (χ4n) is 1.94. The monoisotopic (exact) mass is 297 g/mol. The molecule has 0 aliphatic rings. The summed E-state index contributed by atoms with van der Waals surface area (Å²) in [6.07, 6.45) is 0. The molecule has 0 aliphatic heterocycles. The summed E-state index contributed by atoms with van der Waals surface area (Å²) in [6, 6.07) is 6.62. The Morgan fingerprint density at radius 3 is 2.18 bits per heavy atom. The predicted octanol–water partition coefficient (Wildman–Crippen LogP) is 1.52. The number of halogens is 2. The number of nitrogen functional groups attached to an aromatic ring is 1. The largest absolute Gasteiger partial charge is 0.384 e. The first-order valence-corrected chi connectivity index (χ1v) is 5.70. The summed E-state index contributed by atoms with van der Waals surface area (Å²) in [7, 11) is 0. The predicted molar refractivity (Wildman–Crippen MR) is 71.0 cm³/mol. The SMILES string of the molecule is N#Cc1ccc(-c2c(C#N)c(N)[nH]c(=O)c2C#N)c(F)c1F. The van der Waals surface area contributed by atoms with Gasteiger partial charge in [-0.2, -0.15) is 15.8 Å². The van der Waals surface area contributed by atoms with Gasteiger partial charge in [0.05, 0.1) is 5.56 Å². The molecule has 0 aliphatic carbocycles. The minimum absolute atomic E-state index is 0.362. The molecule has 22 heavy (non-hydrogen) atoms. The number of aromatic amines is 1. The Morgan fingerprint density at radius 1 is 1.00 bits per heavy atom. The Kier molecular flexibility index (Phi) is 3.58. The smallest absolute Gasteiger partial charge is 0.268 e. The lowest BCUT2D eigenvalue weighted by Crippen LogP contribution is -2.16. The molecule has 0 unspecified atom stereocenters. The fraction of sp³-hybridized carbons (Fsp3) is 0. The topological polar surface area (TPSA) is 130 Å². The summed E-state index contributed by atoms with van der Waals surface area (Å²) in [4.78, 5) is 13.8. The number of nitrogens with one attached hydrogen (secondary N) is 1. The van der Waals surface area contributed by atoms with Gasteiger partial charge >= 0.3 is 0 Å². The minimum atomic E-state index is -1.45. The number of rotatable bonds is 1. The zero-order valence-electron chi connectivity index (χ0n) is 10.7. The van der Waals surface area contributed by atoms with Gasteiger partial charge in [0.15, 0.2) is 11.6 Å². The molecule has 3 N–H and O–H groups in total. The van der Waals surface area contributed by atoms with Crippen molar-refractivity contribution < 1.29 is 8.78 Å². The number of pyridine rings is 1. The van der Waals surface area contributed by atoms with Gasteiger partial charge in [0.2, 0.25) is 0 Å². The molecule has 1 heterocycles. The summed E-state index contributed by atoms with van der Waals surface area (Å²) in [5.41, 5.74) is 2.16. The summed E-state index contributed by atoms with van der Waals surface area (Å²) < 4.78 is 27.9. The Bertz CT molecular complexity index is 973. The van der Waals surface area contributed by atoms with Crippen molar-refractivity contribution >= 4 is 5.82 Å². The van der Waals surface area contributed by atoms with E-state index in [-0.39, 0.29) is 11.4 Å². The van der Waals surface area contributed by atoms with Crippen molar-refractivity contribution in [3.8, 4) is 29.3 Å². The molecule has 0 saturated carbocycles. The lowest BCUT2D eigenvalue weighted by atomic mass is 9.95. The highest BCUT2D eigenvalue weighted by Crippen LogP contribution is 2.31. The van der Waals surface area contributed by atoms with E-state index in [0.717, 1.165) is 12.1 Å². The van der Waals surface area contributed by atoms with Crippen LogP contribution in [-0.4, -0.2) is 4.98 Å². The number of aromatic nitrogens is 1. The number of nitrogens with zero attached hydrogens (tertiary/aromatic N) is 3. The van der Waals surface area contributed by atoms with Gasteiger partial charge in [-0.15, -0.1) is 0 Å². The van der Waals surface area contributed by atoms with E-state index in [4.69, 9.17) is 21.5 Å². The van der Waals surface area contributed by atoms with Crippen LogP contribution < -0.4 is 11.3 Å². The number of nitriles is 3. The van der Waals surface area contributed by atoms with Gasteiger partial charge in [0.1, 0.15) is 35.2 Å². The van der Waals surface area contributed by atoms with Crippen LogP contribution in [0.3, 0.4) is 0 Å². The summed E-state index contributed by atoms with van der Waals surface area (Å²) >= 11 is 0. The van der Waals surface area contributed by atoms with Crippen LogP contribution in [0.1, 0.15) is 16.7 Å². The third kappa shape index (κ3) is 2.04. The fourth-order valence-corrected chi connectivity index (χ4v) is 1.94. The molecule has 2 rings (SSSR count). The van der Waals surface area contributed by atoms with Crippen molar-refractivity contribution in [3.05, 3.63) is 50.8 Å². The standard InChI is InChI=1S/C14H5F2N5O/c15-11-6(3-17)1-2-7(12(11)16)10-8(4-18)13(20)21-14(22)9(10)5-19/h1-2H,(H3,20,21,22). The van der Waals surface area contributed by atoms with Crippen molar-refractivity contribution in [2.75, 3.05) is 5.73 Å². The molecular weight excluding hydrogens is 292 g/mol. The highest BCUT2D eigenvalue weighted by molar-refractivity contribution is 5.80. The molecule has 1 aromatic carbocycles. The first kappa shape index (κ1) is 14.7. The molecule has 1 aromatic heterocycles. The molecule has 6 nitrogen and oxygen atoms in total. The van der Waals surface area contributed by atoms with Gasteiger partial charge in [0.25, 0.3) is 5.56 Å². The Morgan fingerprint density at radius 2 is 1.64 bits per heavy atom. The minimum Gasteiger partial charge on any atom is -0.384 e. The average molecular weight is 297 g/mol. The van der Waals surface area contributed by atoms with Crippen molar-refractivity contribution in [1.82, 2.24) is 4.98 Å². The van der Waals surface area contributed by atoms with E-state index in [1.165, 1.54) is 12.1 Å². The van der Waals surface area contributed by atoms with E-state index in [1.54, 1.807) is 6.07 Å². The van der Waals surface area contributed by atoms with Crippen LogP contribution in [-0.2, 0) is 0 Å². The number of benzene rings is 1. The summed E-state index contributed by atoms with van der Waals surface area (Å²) in [6.45, 7) is 0. The first-order valence-electron chi connectivity index (χ1n) is 5.70. The molecule has 8 heteroatoms. The second-order valence-corrected chi connectivity index (χ2v) is 4.12. The number of hydrogen-bond donors (Lipinski definition) is 2. The number of H-pyrrole nitrogens is 1. The summed E-state index contributed by atoms with van der Waals surface area (Å²) in [5.74, 6) is -3.26. The van der Waals surface area contributed by atoms with E-state index < -0.39 is 39.4 Å². The molecule has 0 fully saturated rings. The summed E-state index contributed by atoms with van der Waals surface area (Å²) in [5, 5.41) is 26.8. The molecular formula is C14H5F2N5O.